The lowest BCUT2D eigenvalue weighted by Crippen LogP contribution is -2.54. The molecule has 0 aromatic heterocycles. The van der Waals surface area contributed by atoms with Crippen LogP contribution in [0.25, 0.3) is 0 Å². The number of sulfonamides is 1. The Bertz CT molecular complexity index is 687. The Morgan fingerprint density at radius 2 is 2.09 bits per heavy atom. The number of nitrogens with zero attached hydrogens (tertiary/aromatic N) is 1. The van der Waals surface area contributed by atoms with E-state index in [4.69, 9.17) is 16.7 Å². The summed E-state index contributed by atoms with van der Waals surface area (Å²) in [5.41, 5.74) is 0.821. The molecule has 0 atom stereocenters. The van der Waals surface area contributed by atoms with Crippen molar-refractivity contribution in [1.82, 2.24) is 9.62 Å². The third-order valence-electron chi connectivity index (χ3n) is 4.15. The molecule has 128 valence electrons. The quantitative estimate of drug-likeness (QED) is 0.775. The van der Waals surface area contributed by atoms with Crippen LogP contribution in [-0.2, 0) is 14.8 Å². The first-order valence-electron chi connectivity index (χ1n) is 7.47. The molecule has 8 heteroatoms. The van der Waals surface area contributed by atoms with Crippen LogP contribution in [0, 0.1) is 6.92 Å². The predicted molar refractivity (Wildman–Crippen MR) is 88.2 cm³/mol. The summed E-state index contributed by atoms with van der Waals surface area (Å²) in [6, 6.07) is 4.57. The molecule has 6 nitrogen and oxygen atoms in total. The molecule has 2 N–H and O–H groups in total. The van der Waals surface area contributed by atoms with Crippen molar-refractivity contribution in [2.45, 2.75) is 43.7 Å². The zero-order valence-corrected chi connectivity index (χ0v) is 14.7. The van der Waals surface area contributed by atoms with E-state index in [0.29, 0.717) is 24.4 Å². The molecular formula is C15H21ClN2O4S. The molecule has 0 heterocycles. The number of carboxylic acids is 1. The maximum absolute atomic E-state index is 12.3. The highest BCUT2D eigenvalue weighted by Crippen LogP contribution is 2.28. The van der Waals surface area contributed by atoms with Gasteiger partial charge < -0.3 is 5.11 Å². The maximum atomic E-state index is 12.3. The first kappa shape index (κ1) is 18.2. The van der Waals surface area contributed by atoms with Gasteiger partial charge in [0, 0.05) is 17.1 Å². The van der Waals surface area contributed by atoms with Crippen molar-refractivity contribution in [3.63, 3.8) is 0 Å². The molecule has 1 aromatic rings. The molecule has 2 rings (SSSR count). The first-order valence-corrected chi connectivity index (χ1v) is 9.33. The summed E-state index contributed by atoms with van der Waals surface area (Å²) < 4.78 is 27.3. The van der Waals surface area contributed by atoms with Gasteiger partial charge in [-0.1, -0.05) is 24.6 Å². The Morgan fingerprint density at radius 1 is 1.43 bits per heavy atom. The van der Waals surface area contributed by atoms with E-state index in [-0.39, 0.29) is 23.5 Å². The van der Waals surface area contributed by atoms with Crippen molar-refractivity contribution < 1.29 is 18.3 Å². The lowest BCUT2D eigenvalue weighted by atomic mass is 9.86. The number of aryl methyl sites for hydroxylation is 1. The van der Waals surface area contributed by atoms with Crippen LogP contribution in [0.5, 0.6) is 0 Å². The van der Waals surface area contributed by atoms with Crippen molar-refractivity contribution in [1.29, 1.82) is 0 Å². The Morgan fingerprint density at radius 3 is 2.61 bits per heavy atom. The number of rotatable bonds is 7. The molecule has 1 aromatic carbocycles. The van der Waals surface area contributed by atoms with Crippen LogP contribution in [0.15, 0.2) is 23.1 Å². The zero-order chi connectivity index (χ0) is 17.2. The van der Waals surface area contributed by atoms with Crippen LogP contribution >= 0.6 is 11.6 Å². The van der Waals surface area contributed by atoms with Gasteiger partial charge in [-0.3, -0.25) is 9.69 Å². The highest BCUT2D eigenvalue weighted by molar-refractivity contribution is 7.89. The monoisotopic (exact) mass is 360 g/mol. The van der Waals surface area contributed by atoms with Gasteiger partial charge in [-0.25, -0.2) is 13.1 Å². The van der Waals surface area contributed by atoms with E-state index in [1.807, 2.05) is 18.7 Å². The summed E-state index contributed by atoms with van der Waals surface area (Å²) in [5, 5.41) is 9.28. The number of nitrogens with one attached hydrogen (secondary N) is 1. The predicted octanol–water partition coefficient (Wildman–Crippen LogP) is 1.86. The van der Waals surface area contributed by atoms with Gasteiger partial charge in [-0.2, -0.15) is 0 Å². The van der Waals surface area contributed by atoms with Gasteiger partial charge in [-0.15, -0.1) is 0 Å². The number of hydrogen-bond acceptors (Lipinski definition) is 4. The average Bonchev–Trinajstić information content (AvgIpc) is 2.42. The number of likely N-dealkylation sites (N-methyl/N-ethyl adjacent to an activating group) is 1. The number of benzene rings is 1. The summed E-state index contributed by atoms with van der Waals surface area (Å²) in [7, 11) is -3.61. The largest absolute Gasteiger partial charge is 0.480 e. The van der Waals surface area contributed by atoms with Crippen LogP contribution < -0.4 is 4.72 Å². The number of carboxylic acid groups (broad SMARTS) is 1. The van der Waals surface area contributed by atoms with Crippen molar-refractivity contribution in [2.24, 2.45) is 0 Å². The van der Waals surface area contributed by atoms with Gasteiger partial charge in [-0.05, 0) is 44.0 Å². The van der Waals surface area contributed by atoms with Gasteiger partial charge in [0.05, 0.1) is 11.4 Å². The number of aliphatic carboxylic acids is 1. The van der Waals surface area contributed by atoms with Crippen LogP contribution in [-0.4, -0.2) is 49.6 Å². The Kier molecular flexibility index (Phi) is 5.67. The van der Waals surface area contributed by atoms with Crippen molar-refractivity contribution in [3.8, 4) is 0 Å². The molecule has 0 radical (unpaired) electrons. The van der Waals surface area contributed by atoms with Crippen LogP contribution in [0.1, 0.15) is 25.3 Å². The minimum absolute atomic E-state index is 0.0196. The number of halogens is 1. The van der Waals surface area contributed by atoms with Gasteiger partial charge in [0.2, 0.25) is 10.0 Å². The minimum atomic E-state index is -3.61. The maximum Gasteiger partial charge on any atom is 0.317 e. The zero-order valence-electron chi connectivity index (χ0n) is 13.1. The second kappa shape index (κ2) is 7.17. The van der Waals surface area contributed by atoms with E-state index in [1.54, 1.807) is 6.07 Å². The van der Waals surface area contributed by atoms with E-state index in [2.05, 4.69) is 4.72 Å². The van der Waals surface area contributed by atoms with Gasteiger partial charge in [0.15, 0.2) is 0 Å². The molecule has 0 aliphatic heterocycles. The second-order valence-corrected chi connectivity index (χ2v) is 7.93. The molecular weight excluding hydrogens is 340 g/mol. The van der Waals surface area contributed by atoms with E-state index in [0.717, 1.165) is 5.56 Å². The summed E-state index contributed by atoms with van der Waals surface area (Å²) in [6.45, 7) is 4.32. The Balaban J connectivity index is 1.96. The molecule has 0 unspecified atom stereocenters. The first-order chi connectivity index (χ1) is 10.7. The third kappa shape index (κ3) is 4.44. The Hall–Kier alpha value is -1.15. The average molecular weight is 361 g/mol. The van der Waals surface area contributed by atoms with Crippen LogP contribution in [0.4, 0.5) is 0 Å². The van der Waals surface area contributed by atoms with Gasteiger partial charge >= 0.3 is 5.97 Å². The van der Waals surface area contributed by atoms with Gasteiger partial charge in [0.25, 0.3) is 0 Å². The Labute approximate surface area is 141 Å². The highest BCUT2D eigenvalue weighted by Gasteiger charge is 2.36. The third-order valence-corrected chi connectivity index (χ3v) is 6.07. The smallest absolute Gasteiger partial charge is 0.317 e. The summed E-state index contributed by atoms with van der Waals surface area (Å²) in [6.07, 6.45) is 1.22. The molecule has 1 saturated carbocycles. The normalized spacial score (nSPS) is 21.2. The SMILES string of the molecule is CCN(CC(=O)O)C1CC(NS(=O)(=O)c2ccc(C)c(Cl)c2)C1. The molecule has 0 bridgehead atoms. The van der Waals surface area contributed by atoms with E-state index < -0.39 is 16.0 Å². The van der Waals surface area contributed by atoms with E-state index in [1.165, 1.54) is 12.1 Å². The molecule has 1 fully saturated rings. The van der Waals surface area contributed by atoms with E-state index >= 15 is 0 Å². The molecule has 0 saturated heterocycles. The second-order valence-electron chi connectivity index (χ2n) is 5.81. The van der Waals surface area contributed by atoms with E-state index in [9.17, 15) is 13.2 Å². The van der Waals surface area contributed by atoms with Gasteiger partial charge in [0.1, 0.15) is 0 Å². The molecule has 1 aliphatic rings. The van der Waals surface area contributed by atoms with Crippen LogP contribution in [0.2, 0.25) is 5.02 Å². The van der Waals surface area contributed by atoms with Crippen molar-refractivity contribution in [2.75, 3.05) is 13.1 Å². The summed E-state index contributed by atoms with van der Waals surface area (Å²) in [4.78, 5) is 12.8. The standard InChI is InChI=1S/C15H21ClN2O4S/c1-3-18(9-15(19)20)12-6-11(7-12)17-23(21,22)13-5-4-10(2)14(16)8-13/h4-5,8,11-12,17H,3,6-7,9H2,1-2H3,(H,19,20). The summed E-state index contributed by atoms with van der Waals surface area (Å²) in [5.74, 6) is -0.870. The number of carbonyl (C=O) groups is 1. The molecule has 0 spiro atoms. The highest BCUT2D eigenvalue weighted by atomic mass is 35.5. The van der Waals surface area contributed by atoms with Crippen LogP contribution in [0.3, 0.4) is 0 Å². The minimum Gasteiger partial charge on any atom is -0.480 e. The topological polar surface area (TPSA) is 86.7 Å². The fraction of sp³-hybridized carbons (Fsp3) is 0.533. The lowest BCUT2D eigenvalue weighted by Gasteiger charge is -2.42. The molecule has 1 aliphatic carbocycles. The van der Waals surface area contributed by atoms with Crippen molar-refractivity contribution >= 4 is 27.6 Å². The lowest BCUT2D eigenvalue weighted by molar-refractivity contribution is -0.139. The fourth-order valence-electron chi connectivity index (χ4n) is 2.68. The van der Waals surface area contributed by atoms with Crippen molar-refractivity contribution in [3.05, 3.63) is 28.8 Å². The number of hydrogen-bond donors (Lipinski definition) is 2. The summed E-state index contributed by atoms with van der Waals surface area (Å²) >= 11 is 5.98. The molecule has 23 heavy (non-hydrogen) atoms. The fourth-order valence-corrected chi connectivity index (χ4v) is 4.22. The molecule has 0 amide bonds.